The lowest BCUT2D eigenvalue weighted by atomic mass is 9.95. The number of benzene rings is 3. The van der Waals surface area contributed by atoms with Gasteiger partial charge in [-0.15, -0.1) is 0 Å². The smallest absolute Gasteiger partial charge is 0.338 e. The van der Waals surface area contributed by atoms with Crippen LogP contribution in [0.3, 0.4) is 0 Å². The Hall–Kier alpha value is -2.76. The van der Waals surface area contributed by atoms with Crippen LogP contribution in [0.2, 0.25) is 0 Å². The molecule has 1 aliphatic rings. The van der Waals surface area contributed by atoms with Crippen LogP contribution in [0, 0.1) is 13.0 Å². The van der Waals surface area contributed by atoms with Crippen molar-refractivity contribution in [2.45, 2.75) is 33.4 Å². The van der Waals surface area contributed by atoms with E-state index in [0.717, 1.165) is 7.14 Å². The van der Waals surface area contributed by atoms with Gasteiger partial charge in [0.2, 0.25) is 0 Å². The number of aromatic nitrogens is 1. The lowest BCUT2D eigenvalue weighted by Gasteiger charge is -2.26. The van der Waals surface area contributed by atoms with E-state index in [2.05, 4.69) is 66.1 Å². The van der Waals surface area contributed by atoms with Crippen LogP contribution in [0.5, 0.6) is 17.2 Å². The van der Waals surface area contributed by atoms with Gasteiger partial charge < -0.3 is 18.9 Å². The van der Waals surface area contributed by atoms with Gasteiger partial charge in [0, 0.05) is 19.2 Å². The summed E-state index contributed by atoms with van der Waals surface area (Å²) < 4.78 is 41.6. The van der Waals surface area contributed by atoms with Crippen molar-refractivity contribution in [2.75, 3.05) is 20.3 Å². The number of carbonyl (C=O) groups excluding carboxylic acids is 1. The SMILES string of the molecule is CCOC(=O)C1=C(C)N=c2s/c(=C/c3cc(I)cc(I)c3OCc3ccccc3F)c(=O)n2[C@@H]1c1cc(OC)c(OCC)cc1Br. The highest BCUT2D eigenvalue weighted by Gasteiger charge is 2.35. The number of ether oxygens (including phenoxy) is 4. The molecule has 3 aromatic carbocycles. The number of thiazole rings is 1. The molecule has 0 bridgehead atoms. The summed E-state index contributed by atoms with van der Waals surface area (Å²) in [5, 5.41) is 0. The average Bonchev–Trinajstić information content (AvgIpc) is 3.31. The van der Waals surface area contributed by atoms with Crippen LogP contribution >= 0.6 is 72.4 Å². The van der Waals surface area contributed by atoms with Gasteiger partial charge in [-0.25, -0.2) is 14.2 Å². The third-order valence-corrected chi connectivity index (χ3v) is 10.1. The second-order valence-electron chi connectivity index (χ2n) is 9.95. The summed E-state index contributed by atoms with van der Waals surface area (Å²) >= 11 is 9.23. The minimum absolute atomic E-state index is 0.0149. The fraction of sp³-hybridized carbons (Fsp3) is 0.242. The molecule has 0 saturated heterocycles. The Labute approximate surface area is 304 Å². The van der Waals surface area contributed by atoms with Gasteiger partial charge in [-0.2, -0.15) is 0 Å². The number of rotatable bonds is 10. The minimum Gasteiger partial charge on any atom is -0.493 e. The molecule has 0 N–H and O–H groups in total. The predicted octanol–water partition coefficient (Wildman–Crippen LogP) is 6.90. The maximum absolute atomic E-state index is 14.4. The Bertz CT molecular complexity index is 2040. The van der Waals surface area contributed by atoms with Crippen LogP contribution in [0.4, 0.5) is 4.39 Å². The zero-order valence-corrected chi connectivity index (χ0v) is 31.9. The number of hydrogen-bond donors (Lipinski definition) is 0. The third kappa shape index (κ3) is 7.06. The second kappa shape index (κ2) is 15.0. The van der Waals surface area contributed by atoms with Gasteiger partial charge in [0.25, 0.3) is 5.56 Å². The van der Waals surface area contributed by atoms with E-state index in [9.17, 15) is 14.0 Å². The van der Waals surface area contributed by atoms with Gasteiger partial charge in [-0.1, -0.05) is 45.5 Å². The van der Waals surface area contributed by atoms with Crippen molar-refractivity contribution in [2.24, 2.45) is 4.99 Å². The van der Waals surface area contributed by atoms with E-state index in [1.54, 1.807) is 50.3 Å². The van der Waals surface area contributed by atoms with E-state index in [-0.39, 0.29) is 30.2 Å². The summed E-state index contributed by atoms with van der Waals surface area (Å²) in [7, 11) is 1.53. The zero-order chi connectivity index (χ0) is 33.1. The van der Waals surface area contributed by atoms with Crippen molar-refractivity contribution in [3.8, 4) is 17.2 Å². The van der Waals surface area contributed by atoms with E-state index in [1.165, 1.54) is 29.1 Å². The lowest BCUT2D eigenvalue weighted by Crippen LogP contribution is -2.40. The van der Waals surface area contributed by atoms with E-state index >= 15 is 0 Å². The number of allylic oxidation sites excluding steroid dienone is 1. The van der Waals surface area contributed by atoms with Gasteiger partial charge in [0.1, 0.15) is 18.2 Å². The van der Waals surface area contributed by atoms with Crippen LogP contribution in [0.1, 0.15) is 43.5 Å². The first kappa shape index (κ1) is 34.6. The quantitative estimate of drug-likeness (QED) is 0.127. The Morgan fingerprint density at radius 3 is 2.57 bits per heavy atom. The van der Waals surface area contributed by atoms with Crippen LogP contribution in [-0.2, 0) is 16.1 Å². The van der Waals surface area contributed by atoms with Crippen molar-refractivity contribution >= 4 is 84.5 Å². The second-order valence-corrected chi connectivity index (χ2v) is 14.2. The fourth-order valence-corrected chi connectivity index (χ4v) is 8.64. The molecule has 0 unspecified atom stereocenters. The Morgan fingerprint density at radius 1 is 1.11 bits per heavy atom. The zero-order valence-electron chi connectivity index (χ0n) is 25.2. The molecule has 0 spiro atoms. The predicted molar refractivity (Wildman–Crippen MR) is 195 cm³/mol. The molecule has 1 aliphatic heterocycles. The molecule has 0 amide bonds. The number of nitrogens with zero attached hydrogens (tertiary/aromatic N) is 2. The first-order chi connectivity index (χ1) is 22.1. The van der Waals surface area contributed by atoms with Gasteiger partial charge in [-0.3, -0.25) is 9.36 Å². The van der Waals surface area contributed by atoms with Crippen molar-refractivity contribution < 1.29 is 28.1 Å². The molecule has 8 nitrogen and oxygen atoms in total. The van der Waals surface area contributed by atoms with E-state index < -0.39 is 12.0 Å². The maximum Gasteiger partial charge on any atom is 0.338 e. The van der Waals surface area contributed by atoms with Gasteiger partial charge in [0.05, 0.1) is 45.7 Å². The summed E-state index contributed by atoms with van der Waals surface area (Å²) in [6.45, 7) is 5.92. The Balaban J connectivity index is 1.70. The third-order valence-electron chi connectivity index (χ3n) is 7.05. The van der Waals surface area contributed by atoms with E-state index in [4.69, 9.17) is 18.9 Å². The molecule has 0 aliphatic carbocycles. The lowest BCUT2D eigenvalue weighted by molar-refractivity contribution is -0.139. The summed E-state index contributed by atoms with van der Waals surface area (Å²) in [4.78, 5) is 32.8. The molecule has 5 rings (SSSR count). The monoisotopic (exact) mass is 932 g/mol. The number of carbonyl (C=O) groups is 1. The topological polar surface area (TPSA) is 88.4 Å². The first-order valence-electron chi connectivity index (χ1n) is 14.1. The van der Waals surface area contributed by atoms with E-state index in [0.29, 0.717) is 60.0 Å². The molecule has 46 heavy (non-hydrogen) atoms. The van der Waals surface area contributed by atoms with Crippen LogP contribution in [0.25, 0.3) is 6.08 Å². The fourth-order valence-electron chi connectivity index (χ4n) is 5.02. The highest BCUT2D eigenvalue weighted by Crippen LogP contribution is 2.41. The van der Waals surface area contributed by atoms with Crippen LogP contribution in [0.15, 0.2) is 74.1 Å². The average molecular weight is 933 g/mol. The molecular formula is C33H28BrFI2N2O6S. The molecule has 4 aromatic rings. The maximum atomic E-state index is 14.4. The van der Waals surface area contributed by atoms with Crippen LogP contribution in [-0.4, -0.2) is 30.9 Å². The summed E-state index contributed by atoms with van der Waals surface area (Å²) in [6.07, 6.45) is 1.75. The van der Waals surface area contributed by atoms with Gasteiger partial charge in [0.15, 0.2) is 16.3 Å². The van der Waals surface area contributed by atoms with Crippen molar-refractivity contribution in [1.29, 1.82) is 0 Å². The normalized spacial score (nSPS) is 14.5. The minimum atomic E-state index is -0.871. The molecule has 13 heteroatoms. The molecule has 0 radical (unpaired) electrons. The number of fused-ring (bicyclic) bond motifs is 1. The van der Waals surface area contributed by atoms with Gasteiger partial charge in [-0.05, 0) is 108 Å². The Morgan fingerprint density at radius 2 is 1.87 bits per heavy atom. The Kier molecular flexibility index (Phi) is 11.3. The standard InChI is InChI=1S/C33H28BrFI2N2O6S/c1-5-43-26-15-22(34)21(14-25(26)42-4)29-28(32(41)44-6-2)17(3)38-33-39(29)31(40)27(46-33)12-19-11-20(36)13-24(37)30(19)45-16-18-9-7-8-10-23(18)35/h7-15,29H,5-6,16H2,1-4H3/b27-12+/t29-/m1/s1. The molecule has 0 fully saturated rings. The number of halogens is 4. The van der Waals surface area contributed by atoms with E-state index in [1.807, 2.05) is 19.1 Å². The van der Waals surface area contributed by atoms with Crippen molar-refractivity contribution in [3.05, 3.63) is 114 Å². The number of hydrogen-bond acceptors (Lipinski definition) is 8. The van der Waals surface area contributed by atoms with Crippen LogP contribution < -0.4 is 29.1 Å². The molecule has 1 aromatic heterocycles. The molecule has 2 heterocycles. The van der Waals surface area contributed by atoms with Crippen molar-refractivity contribution in [1.82, 2.24) is 4.57 Å². The summed E-state index contributed by atoms with van der Waals surface area (Å²) in [5.41, 5.74) is 2.00. The highest BCUT2D eigenvalue weighted by molar-refractivity contribution is 14.1. The number of esters is 1. The molecular weight excluding hydrogens is 905 g/mol. The number of methoxy groups -OCH3 is 1. The first-order valence-corrected chi connectivity index (χ1v) is 17.9. The largest absolute Gasteiger partial charge is 0.493 e. The molecule has 1 atom stereocenters. The summed E-state index contributed by atoms with van der Waals surface area (Å²) in [5.74, 6) is 0.559. The summed E-state index contributed by atoms with van der Waals surface area (Å²) in [6, 6.07) is 12.9. The van der Waals surface area contributed by atoms with Crippen molar-refractivity contribution in [3.63, 3.8) is 0 Å². The molecule has 0 saturated carbocycles. The highest BCUT2D eigenvalue weighted by atomic mass is 127. The van der Waals surface area contributed by atoms with Gasteiger partial charge >= 0.3 is 5.97 Å². The molecule has 240 valence electrons.